The molecule has 0 radical (unpaired) electrons. The van der Waals surface area contributed by atoms with Crippen molar-refractivity contribution in [2.45, 2.75) is 13.0 Å². The van der Waals surface area contributed by atoms with Gasteiger partial charge in [0, 0.05) is 50.9 Å². The maximum atomic E-state index is 12.1. The molecule has 0 bridgehead atoms. The molecule has 1 aromatic heterocycles. The Balaban J connectivity index is 1.64. The monoisotopic (exact) mass is 257 g/mol. The van der Waals surface area contributed by atoms with E-state index in [2.05, 4.69) is 34.3 Å². The van der Waals surface area contributed by atoms with Gasteiger partial charge in [-0.15, -0.1) is 0 Å². The first-order valence-corrected chi connectivity index (χ1v) is 6.87. The summed E-state index contributed by atoms with van der Waals surface area (Å²) in [6.07, 6.45) is 2.65. The highest BCUT2D eigenvalue weighted by Gasteiger charge is 2.15. The van der Waals surface area contributed by atoms with Crippen molar-refractivity contribution in [2.24, 2.45) is 0 Å². The van der Waals surface area contributed by atoms with Crippen LogP contribution in [0.2, 0.25) is 0 Å². The highest BCUT2D eigenvalue weighted by Crippen LogP contribution is 2.15. The van der Waals surface area contributed by atoms with Crippen molar-refractivity contribution in [3.05, 3.63) is 36.5 Å². The predicted octanol–water partition coefficient (Wildman–Crippen LogP) is 1.46. The Kier molecular flexibility index (Phi) is 3.51. The van der Waals surface area contributed by atoms with Crippen LogP contribution in [0.5, 0.6) is 0 Å². The lowest BCUT2D eigenvalue weighted by molar-refractivity contribution is -0.131. The van der Waals surface area contributed by atoms with Crippen molar-refractivity contribution >= 4 is 16.8 Å². The average molecular weight is 257 g/mol. The predicted molar refractivity (Wildman–Crippen MR) is 76.0 cm³/mol. The summed E-state index contributed by atoms with van der Waals surface area (Å²) in [5.74, 6) is 0.263. The first kappa shape index (κ1) is 12.2. The molecule has 0 aliphatic carbocycles. The van der Waals surface area contributed by atoms with Crippen LogP contribution in [0, 0.1) is 0 Å². The van der Waals surface area contributed by atoms with Gasteiger partial charge in [-0.05, 0) is 17.5 Å². The maximum Gasteiger partial charge on any atom is 0.224 e. The Bertz CT molecular complexity index is 570. The van der Waals surface area contributed by atoms with E-state index >= 15 is 0 Å². The van der Waals surface area contributed by atoms with Gasteiger partial charge in [-0.25, -0.2) is 0 Å². The lowest BCUT2D eigenvalue weighted by Gasteiger charge is -2.27. The molecule has 19 heavy (non-hydrogen) atoms. The summed E-state index contributed by atoms with van der Waals surface area (Å²) in [5, 5.41) is 4.50. The van der Waals surface area contributed by atoms with Gasteiger partial charge in [-0.2, -0.15) is 0 Å². The minimum absolute atomic E-state index is 0.263. The van der Waals surface area contributed by atoms with Crippen LogP contribution in [0.15, 0.2) is 36.5 Å². The summed E-state index contributed by atoms with van der Waals surface area (Å²) in [5.41, 5.74) is 1.20. The fraction of sp³-hybridized carbons (Fsp3) is 0.400. The number of piperazine rings is 1. The third-order valence-electron chi connectivity index (χ3n) is 3.72. The topological polar surface area (TPSA) is 37.3 Å². The third-order valence-corrected chi connectivity index (χ3v) is 3.72. The highest BCUT2D eigenvalue weighted by atomic mass is 16.2. The lowest BCUT2D eigenvalue weighted by atomic mass is 10.2. The normalized spacial score (nSPS) is 15.9. The number of para-hydroxylation sites is 1. The van der Waals surface area contributed by atoms with Gasteiger partial charge in [0.05, 0.1) is 0 Å². The van der Waals surface area contributed by atoms with Gasteiger partial charge in [0.2, 0.25) is 5.91 Å². The van der Waals surface area contributed by atoms with Gasteiger partial charge < -0.3 is 14.8 Å². The van der Waals surface area contributed by atoms with Crippen LogP contribution in [-0.2, 0) is 11.3 Å². The molecule has 1 aliphatic heterocycles. The van der Waals surface area contributed by atoms with E-state index in [1.807, 2.05) is 17.0 Å². The highest BCUT2D eigenvalue weighted by molar-refractivity contribution is 5.80. The van der Waals surface area contributed by atoms with E-state index in [9.17, 15) is 4.79 Å². The SMILES string of the molecule is O=C(CCn1ccc2ccccc21)N1CCNCC1. The molecule has 100 valence electrons. The lowest BCUT2D eigenvalue weighted by Crippen LogP contribution is -2.46. The van der Waals surface area contributed by atoms with E-state index in [1.54, 1.807) is 0 Å². The number of carbonyl (C=O) groups is 1. The molecule has 0 atom stereocenters. The standard InChI is InChI=1S/C15H19N3O/c19-15(18-11-7-16-8-12-18)6-10-17-9-5-13-3-1-2-4-14(13)17/h1-5,9,16H,6-8,10-12H2. The van der Waals surface area contributed by atoms with Gasteiger partial charge >= 0.3 is 0 Å². The number of benzene rings is 1. The Hall–Kier alpha value is -1.81. The van der Waals surface area contributed by atoms with Crippen molar-refractivity contribution in [1.29, 1.82) is 0 Å². The minimum atomic E-state index is 0.263. The van der Waals surface area contributed by atoms with Crippen LogP contribution in [-0.4, -0.2) is 41.6 Å². The molecule has 1 aliphatic rings. The smallest absolute Gasteiger partial charge is 0.224 e. The number of aryl methyl sites for hydroxylation is 1. The summed E-state index contributed by atoms with van der Waals surface area (Å²) >= 11 is 0. The van der Waals surface area contributed by atoms with Crippen LogP contribution >= 0.6 is 0 Å². The number of rotatable bonds is 3. The minimum Gasteiger partial charge on any atom is -0.347 e. The second kappa shape index (κ2) is 5.45. The molecule has 1 aromatic carbocycles. The molecule has 4 heteroatoms. The summed E-state index contributed by atoms with van der Waals surface area (Å²) in [6.45, 7) is 4.27. The number of nitrogens with zero attached hydrogens (tertiary/aromatic N) is 2. The van der Waals surface area contributed by atoms with E-state index < -0.39 is 0 Å². The number of carbonyl (C=O) groups excluding carboxylic acids is 1. The Morgan fingerprint density at radius 1 is 1.16 bits per heavy atom. The Morgan fingerprint density at radius 3 is 2.79 bits per heavy atom. The molecule has 1 saturated heterocycles. The molecule has 0 saturated carbocycles. The van der Waals surface area contributed by atoms with Crippen LogP contribution in [0.1, 0.15) is 6.42 Å². The van der Waals surface area contributed by atoms with Crippen molar-refractivity contribution < 1.29 is 4.79 Å². The summed E-state index contributed by atoms with van der Waals surface area (Å²) in [4.78, 5) is 14.1. The maximum absolute atomic E-state index is 12.1. The fourth-order valence-electron chi connectivity index (χ4n) is 2.62. The summed E-state index contributed by atoms with van der Waals surface area (Å²) in [7, 11) is 0. The first-order chi connectivity index (χ1) is 9.34. The number of aromatic nitrogens is 1. The van der Waals surface area contributed by atoms with E-state index in [0.717, 1.165) is 32.7 Å². The zero-order valence-corrected chi connectivity index (χ0v) is 11.0. The zero-order valence-electron chi connectivity index (χ0n) is 11.0. The van der Waals surface area contributed by atoms with Gasteiger partial charge in [0.25, 0.3) is 0 Å². The van der Waals surface area contributed by atoms with Crippen LogP contribution < -0.4 is 5.32 Å². The molecule has 1 amide bonds. The van der Waals surface area contributed by atoms with Gasteiger partial charge in [-0.1, -0.05) is 18.2 Å². The number of nitrogens with one attached hydrogen (secondary N) is 1. The molecule has 2 heterocycles. The number of hydrogen-bond acceptors (Lipinski definition) is 2. The van der Waals surface area contributed by atoms with Gasteiger partial charge in [0.1, 0.15) is 0 Å². The first-order valence-electron chi connectivity index (χ1n) is 6.87. The molecule has 0 spiro atoms. The second-order valence-electron chi connectivity index (χ2n) is 4.95. The van der Waals surface area contributed by atoms with Crippen LogP contribution in [0.25, 0.3) is 10.9 Å². The molecule has 0 unspecified atom stereocenters. The molecule has 4 nitrogen and oxygen atoms in total. The quantitative estimate of drug-likeness (QED) is 0.904. The Morgan fingerprint density at radius 2 is 1.95 bits per heavy atom. The Labute approximate surface area is 113 Å². The van der Waals surface area contributed by atoms with Crippen molar-refractivity contribution in [2.75, 3.05) is 26.2 Å². The molecule has 2 aromatic rings. The van der Waals surface area contributed by atoms with Gasteiger partial charge in [-0.3, -0.25) is 4.79 Å². The summed E-state index contributed by atoms with van der Waals surface area (Å²) < 4.78 is 2.16. The van der Waals surface area contributed by atoms with Crippen LogP contribution in [0.4, 0.5) is 0 Å². The second-order valence-corrected chi connectivity index (χ2v) is 4.95. The van der Waals surface area contributed by atoms with E-state index in [-0.39, 0.29) is 5.91 Å². The largest absolute Gasteiger partial charge is 0.347 e. The molecular formula is C15H19N3O. The van der Waals surface area contributed by atoms with Crippen LogP contribution in [0.3, 0.4) is 0 Å². The molecule has 1 fully saturated rings. The number of fused-ring (bicyclic) bond motifs is 1. The van der Waals surface area contributed by atoms with E-state index in [0.29, 0.717) is 6.42 Å². The van der Waals surface area contributed by atoms with E-state index in [1.165, 1.54) is 10.9 Å². The third kappa shape index (κ3) is 2.63. The van der Waals surface area contributed by atoms with Crippen molar-refractivity contribution in [3.8, 4) is 0 Å². The van der Waals surface area contributed by atoms with Crippen molar-refractivity contribution in [1.82, 2.24) is 14.8 Å². The molecule has 3 rings (SSSR count). The molecule has 1 N–H and O–H groups in total. The van der Waals surface area contributed by atoms with Crippen molar-refractivity contribution in [3.63, 3.8) is 0 Å². The number of hydrogen-bond donors (Lipinski definition) is 1. The van der Waals surface area contributed by atoms with E-state index in [4.69, 9.17) is 0 Å². The zero-order chi connectivity index (χ0) is 13.1. The molecular weight excluding hydrogens is 238 g/mol. The number of amides is 1. The fourth-order valence-corrected chi connectivity index (χ4v) is 2.62. The van der Waals surface area contributed by atoms with Gasteiger partial charge in [0.15, 0.2) is 0 Å². The summed E-state index contributed by atoms with van der Waals surface area (Å²) in [6, 6.07) is 10.4. The average Bonchev–Trinajstić information content (AvgIpc) is 2.89.